The molecule has 0 spiro atoms. The van der Waals surface area contributed by atoms with Crippen LogP contribution in [0.3, 0.4) is 0 Å². The van der Waals surface area contributed by atoms with E-state index in [1.54, 1.807) is 24.8 Å². The molecule has 1 aromatic carbocycles. The fourth-order valence-electron chi connectivity index (χ4n) is 2.17. The smallest absolute Gasteiger partial charge is 0.251 e. The number of H-pyrrole nitrogens is 1. The van der Waals surface area contributed by atoms with Crippen LogP contribution in [0.1, 0.15) is 33.4 Å². The zero-order chi connectivity index (χ0) is 19.8. The fourth-order valence-corrected chi connectivity index (χ4v) is 3.65. The topological polar surface area (TPSA) is 84.1 Å². The van der Waals surface area contributed by atoms with Crippen molar-refractivity contribution in [2.45, 2.75) is 49.1 Å². The lowest BCUT2D eigenvalue weighted by molar-refractivity contribution is -0.115. The standard InChI is InChI=1S/C19H25N3O3S2/c1-5-25-16-9-7-6-8-15(16)21-18(24)13(4)27-19-20-14(10-17(23)22-19)11-26-12(2)3/h6-10,12-13H,5,11H2,1-4H3,(H,21,24)(H,20,22,23). The van der Waals surface area contributed by atoms with Gasteiger partial charge in [0, 0.05) is 11.8 Å². The van der Waals surface area contributed by atoms with E-state index in [-0.39, 0.29) is 11.5 Å². The molecule has 0 aliphatic rings. The van der Waals surface area contributed by atoms with E-state index in [2.05, 4.69) is 29.1 Å². The second-order valence-electron chi connectivity index (χ2n) is 6.08. The number of rotatable bonds is 9. The van der Waals surface area contributed by atoms with Gasteiger partial charge in [0.2, 0.25) is 5.91 Å². The summed E-state index contributed by atoms with van der Waals surface area (Å²) in [5, 5.41) is 3.34. The van der Waals surface area contributed by atoms with Crippen LogP contribution in [-0.2, 0) is 10.5 Å². The highest BCUT2D eigenvalue weighted by Crippen LogP contribution is 2.26. The number of aromatic amines is 1. The molecule has 1 amide bonds. The third-order valence-corrected chi connectivity index (χ3v) is 5.55. The van der Waals surface area contributed by atoms with Gasteiger partial charge in [0.1, 0.15) is 5.75 Å². The quantitative estimate of drug-likeness (QED) is 0.484. The molecule has 1 atom stereocenters. The molecule has 2 rings (SSSR count). The van der Waals surface area contributed by atoms with Crippen LogP contribution in [0.5, 0.6) is 5.75 Å². The number of anilines is 1. The van der Waals surface area contributed by atoms with Gasteiger partial charge in [0.15, 0.2) is 5.16 Å². The van der Waals surface area contributed by atoms with Gasteiger partial charge in [-0.3, -0.25) is 9.59 Å². The summed E-state index contributed by atoms with van der Waals surface area (Å²) in [5.74, 6) is 1.11. The van der Waals surface area contributed by atoms with Crippen molar-refractivity contribution in [3.05, 3.63) is 46.4 Å². The molecule has 0 fully saturated rings. The third kappa shape index (κ3) is 6.95. The molecule has 2 N–H and O–H groups in total. The molecule has 0 aliphatic heterocycles. The Morgan fingerprint density at radius 2 is 2.04 bits per heavy atom. The van der Waals surface area contributed by atoms with Crippen LogP contribution in [0.4, 0.5) is 5.69 Å². The van der Waals surface area contributed by atoms with E-state index in [9.17, 15) is 9.59 Å². The molecule has 27 heavy (non-hydrogen) atoms. The minimum atomic E-state index is -0.434. The first-order valence-corrected chi connectivity index (χ1v) is 10.7. The molecular formula is C19H25N3O3S2. The number of amides is 1. The maximum Gasteiger partial charge on any atom is 0.251 e. The maximum absolute atomic E-state index is 12.5. The van der Waals surface area contributed by atoms with Gasteiger partial charge < -0.3 is 15.0 Å². The third-order valence-electron chi connectivity index (χ3n) is 3.44. The Morgan fingerprint density at radius 1 is 1.30 bits per heavy atom. The molecule has 0 radical (unpaired) electrons. The normalized spacial score (nSPS) is 12.0. The highest BCUT2D eigenvalue weighted by atomic mass is 32.2. The summed E-state index contributed by atoms with van der Waals surface area (Å²) < 4.78 is 5.53. The molecule has 6 nitrogen and oxygen atoms in total. The highest BCUT2D eigenvalue weighted by Gasteiger charge is 2.18. The maximum atomic E-state index is 12.5. The zero-order valence-corrected chi connectivity index (χ0v) is 17.6. The second-order valence-corrected chi connectivity index (χ2v) is 8.97. The first-order valence-electron chi connectivity index (χ1n) is 8.80. The largest absolute Gasteiger partial charge is 0.492 e. The number of carbonyl (C=O) groups is 1. The van der Waals surface area contributed by atoms with Crippen molar-refractivity contribution in [3.63, 3.8) is 0 Å². The first-order chi connectivity index (χ1) is 12.9. The molecule has 1 heterocycles. The van der Waals surface area contributed by atoms with E-state index in [0.717, 1.165) is 0 Å². The first kappa shape index (κ1) is 21.4. The van der Waals surface area contributed by atoms with E-state index in [0.29, 0.717) is 39.9 Å². The summed E-state index contributed by atoms with van der Waals surface area (Å²) in [6.45, 7) is 8.38. The SMILES string of the molecule is CCOc1ccccc1NC(=O)C(C)Sc1nc(CSC(C)C)cc(=O)[nH]1. The molecule has 0 saturated carbocycles. The van der Waals surface area contributed by atoms with Crippen molar-refractivity contribution in [3.8, 4) is 5.75 Å². The van der Waals surface area contributed by atoms with Gasteiger partial charge in [-0.1, -0.05) is 37.7 Å². The van der Waals surface area contributed by atoms with Crippen molar-refractivity contribution in [2.24, 2.45) is 0 Å². The predicted molar refractivity (Wildman–Crippen MR) is 113 cm³/mol. The zero-order valence-electron chi connectivity index (χ0n) is 15.9. The van der Waals surface area contributed by atoms with Gasteiger partial charge in [-0.2, -0.15) is 11.8 Å². The van der Waals surface area contributed by atoms with E-state index in [4.69, 9.17) is 4.74 Å². The van der Waals surface area contributed by atoms with Crippen molar-refractivity contribution in [1.29, 1.82) is 0 Å². The Balaban J connectivity index is 2.05. The Hall–Kier alpha value is -1.93. The monoisotopic (exact) mass is 407 g/mol. The van der Waals surface area contributed by atoms with E-state index in [1.165, 1.54) is 17.8 Å². The van der Waals surface area contributed by atoms with Crippen LogP contribution in [0.25, 0.3) is 0 Å². The summed E-state index contributed by atoms with van der Waals surface area (Å²) in [4.78, 5) is 31.6. The lowest BCUT2D eigenvalue weighted by atomic mass is 10.3. The Kier molecular flexibility index (Phi) is 8.24. The lowest BCUT2D eigenvalue weighted by Gasteiger charge is -2.14. The van der Waals surface area contributed by atoms with Gasteiger partial charge >= 0.3 is 0 Å². The number of hydrogen-bond acceptors (Lipinski definition) is 6. The number of benzene rings is 1. The van der Waals surface area contributed by atoms with Crippen LogP contribution >= 0.6 is 23.5 Å². The van der Waals surface area contributed by atoms with Gasteiger partial charge in [0.05, 0.1) is 23.2 Å². The second kappa shape index (κ2) is 10.4. The number of ether oxygens (including phenoxy) is 1. The van der Waals surface area contributed by atoms with E-state index >= 15 is 0 Å². The average molecular weight is 408 g/mol. The van der Waals surface area contributed by atoms with Crippen LogP contribution in [0.2, 0.25) is 0 Å². The number of para-hydroxylation sites is 2. The lowest BCUT2D eigenvalue weighted by Crippen LogP contribution is -2.23. The fraction of sp³-hybridized carbons (Fsp3) is 0.421. The molecule has 0 aliphatic carbocycles. The molecule has 1 unspecified atom stereocenters. The number of hydrogen-bond donors (Lipinski definition) is 2. The Morgan fingerprint density at radius 3 is 2.74 bits per heavy atom. The molecule has 0 saturated heterocycles. The van der Waals surface area contributed by atoms with Crippen LogP contribution in [0.15, 0.2) is 40.3 Å². The van der Waals surface area contributed by atoms with Crippen molar-refractivity contribution in [1.82, 2.24) is 9.97 Å². The van der Waals surface area contributed by atoms with E-state index in [1.807, 2.05) is 25.1 Å². The summed E-state index contributed by atoms with van der Waals surface area (Å²) in [6.07, 6.45) is 0. The number of nitrogens with one attached hydrogen (secondary N) is 2. The van der Waals surface area contributed by atoms with E-state index < -0.39 is 5.25 Å². The van der Waals surface area contributed by atoms with Gasteiger partial charge in [0.25, 0.3) is 5.56 Å². The molecule has 8 heteroatoms. The highest BCUT2D eigenvalue weighted by molar-refractivity contribution is 8.00. The van der Waals surface area contributed by atoms with Crippen LogP contribution in [0, 0.1) is 0 Å². The van der Waals surface area contributed by atoms with Crippen molar-refractivity contribution < 1.29 is 9.53 Å². The molecule has 0 bridgehead atoms. The minimum absolute atomic E-state index is 0.184. The number of aromatic nitrogens is 2. The van der Waals surface area contributed by atoms with Gasteiger partial charge in [-0.05, 0) is 31.2 Å². The summed E-state index contributed by atoms with van der Waals surface area (Å²) in [5.41, 5.74) is 1.13. The molecule has 146 valence electrons. The number of thioether (sulfide) groups is 2. The summed E-state index contributed by atoms with van der Waals surface area (Å²) >= 11 is 2.94. The van der Waals surface area contributed by atoms with Gasteiger partial charge in [-0.25, -0.2) is 4.98 Å². The summed E-state index contributed by atoms with van der Waals surface area (Å²) in [6, 6.07) is 8.80. The van der Waals surface area contributed by atoms with Crippen molar-refractivity contribution >= 4 is 35.1 Å². The van der Waals surface area contributed by atoms with Crippen LogP contribution in [-0.4, -0.2) is 33.0 Å². The van der Waals surface area contributed by atoms with Gasteiger partial charge in [-0.15, -0.1) is 0 Å². The number of carbonyl (C=O) groups excluding carboxylic acids is 1. The Labute approximate surface area is 167 Å². The molecule has 1 aromatic heterocycles. The average Bonchev–Trinajstić information content (AvgIpc) is 2.61. The Bertz CT molecular complexity index is 824. The molecule has 2 aromatic rings. The van der Waals surface area contributed by atoms with Crippen LogP contribution < -0.4 is 15.6 Å². The molecular weight excluding hydrogens is 382 g/mol. The number of nitrogens with zero attached hydrogens (tertiary/aromatic N) is 1. The van der Waals surface area contributed by atoms with Crippen molar-refractivity contribution in [2.75, 3.05) is 11.9 Å². The minimum Gasteiger partial charge on any atom is -0.492 e. The predicted octanol–water partition coefficient (Wildman–Crippen LogP) is 3.93. The summed E-state index contributed by atoms with van der Waals surface area (Å²) in [7, 11) is 0.